The van der Waals surface area contributed by atoms with Crippen LogP contribution < -0.4 is 20.1 Å². The third-order valence-electron chi connectivity index (χ3n) is 6.29. The van der Waals surface area contributed by atoms with Gasteiger partial charge in [-0.2, -0.15) is 0 Å². The number of rotatable bonds is 9. The summed E-state index contributed by atoms with van der Waals surface area (Å²) in [4.78, 5) is 9.53. The number of nitrogens with zero attached hydrogens (tertiary/aromatic N) is 3. The molecule has 7 nitrogen and oxygen atoms in total. The largest absolute Gasteiger partial charge is 0.497 e. The second-order valence-corrected chi connectivity index (χ2v) is 9.01. The Balaban J connectivity index is 1.42. The zero-order chi connectivity index (χ0) is 22.1. The molecule has 31 heavy (non-hydrogen) atoms. The number of aliphatic imine (C=N–C) groups is 1. The zero-order valence-electron chi connectivity index (χ0n) is 19.8. The van der Waals surface area contributed by atoms with Crippen LogP contribution in [0.4, 0.5) is 0 Å². The van der Waals surface area contributed by atoms with Gasteiger partial charge in [0.1, 0.15) is 11.5 Å². The topological polar surface area (TPSA) is 61.4 Å². The number of hydrogen-bond acceptors (Lipinski definition) is 5. The molecule has 0 saturated carbocycles. The number of nitrogens with one attached hydrogen (secondary N) is 2. The highest BCUT2D eigenvalue weighted by Gasteiger charge is 2.24. The van der Waals surface area contributed by atoms with Crippen molar-refractivity contribution in [3.8, 4) is 11.5 Å². The van der Waals surface area contributed by atoms with Crippen LogP contribution in [0, 0.1) is 5.92 Å². The van der Waals surface area contributed by atoms with E-state index in [4.69, 9.17) is 9.47 Å². The van der Waals surface area contributed by atoms with Gasteiger partial charge in [-0.15, -0.1) is 0 Å². The molecular weight excluding hydrogens is 390 g/mol. The quantitative estimate of drug-likeness (QED) is 0.463. The van der Waals surface area contributed by atoms with Gasteiger partial charge in [-0.3, -0.25) is 9.89 Å². The smallest absolute Gasteiger partial charge is 0.191 e. The van der Waals surface area contributed by atoms with E-state index in [0.717, 1.165) is 50.1 Å². The fourth-order valence-electron chi connectivity index (χ4n) is 4.62. The molecule has 3 rings (SSSR count). The highest BCUT2D eigenvalue weighted by Crippen LogP contribution is 2.24. The van der Waals surface area contributed by atoms with Gasteiger partial charge in [0.05, 0.1) is 14.2 Å². The Morgan fingerprint density at radius 3 is 2.42 bits per heavy atom. The van der Waals surface area contributed by atoms with Gasteiger partial charge < -0.3 is 25.0 Å². The molecule has 1 aromatic rings. The van der Waals surface area contributed by atoms with E-state index in [1.807, 2.05) is 13.1 Å². The molecule has 174 valence electrons. The highest BCUT2D eigenvalue weighted by molar-refractivity contribution is 5.80. The minimum Gasteiger partial charge on any atom is -0.497 e. The van der Waals surface area contributed by atoms with E-state index in [1.165, 1.54) is 44.5 Å². The van der Waals surface area contributed by atoms with E-state index in [1.54, 1.807) is 14.2 Å². The lowest BCUT2D eigenvalue weighted by Crippen LogP contribution is -2.46. The molecule has 0 spiro atoms. The molecule has 2 unspecified atom stereocenters. The zero-order valence-corrected chi connectivity index (χ0v) is 19.8. The predicted molar refractivity (Wildman–Crippen MR) is 127 cm³/mol. The van der Waals surface area contributed by atoms with Gasteiger partial charge in [0, 0.05) is 51.9 Å². The molecule has 1 aromatic carbocycles. The maximum absolute atomic E-state index is 5.41. The number of likely N-dealkylation sites (tertiary alicyclic amines) is 2. The molecule has 7 heteroatoms. The average Bonchev–Trinajstić information content (AvgIpc) is 3.23. The van der Waals surface area contributed by atoms with Gasteiger partial charge >= 0.3 is 0 Å². The number of hydrogen-bond donors (Lipinski definition) is 2. The van der Waals surface area contributed by atoms with Crippen LogP contribution in [0.5, 0.6) is 11.5 Å². The number of benzene rings is 1. The first-order chi connectivity index (χ1) is 15.1. The molecule has 2 aliphatic heterocycles. The van der Waals surface area contributed by atoms with Crippen molar-refractivity contribution < 1.29 is 9.47 Å². The van der Waals surface area contributed by atoms with E-state index in [0.29, 0.717) is 12.0 Å². The Labute approximate surface area is 188 Å². The minimum atomic E-state index is 0.413. The third kappa shape index (κ3) is 7.58. The monoisotopic (exact) mass is 431 g/mol. The third-order valence-corrected chi connectivity index (χ3v) is 6.29. The maximum Gasteiger partial charge on any atom is 0.191 e. The molecule has 0 bridgehead atoms. The van der Waals surface area contributed by atoms with E-state index >= 15 is 0 Å². The maximum atomic E-state index is 5.41. The van der Waals surface area contributed by atoms with E-state index < -0.39 is 0 Å². The van der Waals surface area contributed by atoms with Crippen LogP contribution in [0.25, 0.3) is 0 Å². The summed E-state index contributed by atoms with van der Waals surface area (Å²) in [6.07, 6.45) is 5.21. The Kier molecular flexibility index (Phi) is 9.28. The molecule has 0 aromatic heterocycles. The van der Waals surface area contributed by atoms with E-state index in [9.17, 15) is 0 Å². The SMILES string of the molecule is CN=C(NCC(C)CN1CCCCC1)NC1CCN(Cc2cc(OC)cc(OC)c2)C1. The molecule has 0 aliphatic carbocycles. The average molecular weight is 432 g/mol. The second-order valence-electron chi connectivity index (χ2n) is 9.01. The molecule has 2 fully saturated rings. The molecular formula is C24H41N5O2. The number of ether oxygens (including phenoxy) is 2. The lowest BCUT2D eigenvalue weighted by molar-refractivity contribution is 0.201. The molecule has 2 heterocycles. The van der Waals surface area contributed by atoms with Crippen molar-refractivity contribution >= 4 is 5.96 Å². The first-order valence-electron chi connectivity index (χ1n) is 11.7. The van der Waals surface area contributed by atoms with E-state index in [2.05, 4.69) is 44.5 Å². The summed E-state index contributed by atoms with van der Waals surface area (Å²) >= 11 is 0. The molecule has 2 saturated heterocycles. The summed E-state index contributed by atoms with van der Waals surface area (Å²) in [5.41, 5.74) is 1.21. The van der Waals surface area contributed by atoms with Gasteiger partial charge in [-0.1, -0.05) is 13.3 Å². The molecule has 2 aliphatic rings. The van der Waals surface area contributed by atoms with Crippen molar-refractivity contribution in [3.63, 3.8) is 0 Å². The van der Waals surface area contributed by atoms with Crippen molar-refractivity contribution in [3.05, 3.63) is 23.8 Å². The van der Waals surface area contributed by atoms with Crippen molar-refractivity contribution in [1.82, 2.24) is 20.4 Å². The Morgan fingerprint density at radius 1 is 1.06 bits per heavy atom. The van der Waals surface area contributed by atoms with Crippen molar-refractivity contribution in [2.24, 2.45) is 10.9 Å². The van der Waals surface area contributed by atoms with Crippen LogP contribution in [0.2, 0.25) is 0 Å². The summed E-state index contributed by atoms with van der Waals surface area (Å²) in [5, 5.41) is 7.16. The minimum absolute atomic E-state index is 0.413. The summed E-state index contributed by atoms with van der Waals surface area (Å²) in [5.74, 6) is 3.21. The van der Waals surface area contributed by atoms with Crippen LogP contribution in [-0.4, -0.2) is 82.3 Å². The summed E-state index contributed by atoms with van der Waals surface area (Å²) in [7, 11) is 5.25. The van der Waals surface area contributed by atoms with Gasteiger partial charge in [-0.05, 0) is 56.0 Å². The highest BCUT2D eigenvalue weighted by atomic mass is 16.5. The molecule has 0 amide bonds. The van der Waals surface area contributed by atoms with Gasteiger partial charge in [0.15, 0.2) is 5.96 Å². The number of guanidine groups is 1. The first kappa shape index (κ1) is 23.7. The summed E-state index contributed by atoms with van der Waals surface area (Å²) in [6.45, 7) is 9.94. The summed E-state index contributed by atoms with van der Waals surface area (Å²) < 4.78 is 10.8. The van der Waals surface area contributed by atoms with Crippen molar-refractivity contribution in [2.45, 2.75) is 45.2 Å². The van der Waals surface area contributed by atoms with Crippen LogP contribution in [0.1, 0.15) is 38.2 Å². The molecule has 2 N–H and O–H groups in total. The van der Waals surface area contributed by atoms with Crippen molar-refractivity contribution in [2.75, 3.05) is 60.5 Å². The normalized spacial score (nSPS) is 21.7. The van der Waals surface area contributed by atoms with Crippen LogP contribution in [0.3, 0.4) is 0 Å². The molecule has 0 radical (unpaired) electrons. The van der Waals surface area contributed by atoms with Crippen LogP contribution >= 0.6 is 0 Å². The fraction of sp³-hybridized carbons (Fsp3) is 0.708. The Hall–Kier alpha value is -1.99. The number of methoxy groups -OCH3 is 2. The number of piperidine rings is 1. The van der Waals surface area contributed by atoms with Crippen molar-refractivity contribution in [1.29, 1.82) is 0 Å². The first-order valence-corrected chi connectivity index (χ1v) is 11.7. The van der Waals surface area contributed by atoms with Gasteiger partial charge in [0.25, 0.3) is 0 Å². The van der Waals surface area contributed by atoms with Crippen LogP contribution in [0.15, 0.2) is 23.2 Å². The second kappa shape index (κ2) is 12.2. The predicted octanol–water partition coefficient (Wildman–Crippen LogP) is 2.57. The van der Waals surface area contributed by atoms with Gasteiger partial charge in [-0.25, -0.2) is 0 Å². The fourth-order valence-corrected chi connectivity index (χ4v) is 4.62. The van der Waals surface area contributed by atoms with Gasteiger partial charge in [0.2, 0.25) is 0 Å². The lowest BCUT2D eigenvalue weighted by Gasteiger charge is -2.29. The lowest BCUT2D eigenvalue weighted by atomic mass is 10.1. The Morgan fingerprint density at radius 2 is 1.77 bits per heavy atom. The van der Waals surface area contributed by atoms with Crippen LogP contribution in [-0.2, 0) is 6.54 Å². The van der Waals surface area contributed by atoms with E-state index in [-0.39, 0.29) is 0 Å². The Bertz CT molecular complexity index is 683. The standard InChI is InChI=1S/C24H41N5O2/c1-19(16-28-9-6-5-7-10-28)15-26-24(25-2)27-21-8-11-29(18-21)17-20-12-22(30-3)14-23(13-20)31-4/h12-14,19,21H,5-11,15-18H2,1-4H3,(H2,25,26,27). The summed E-state index contributed by atoms with van der Waals surface area (Å²) in [6, 6.07) is 6.51. The molecule has 2 atom stereocenters.